The van der Waals surface area contributed by atoms with Gasteiger partial charge in [-0.05, 0) is 43.1 Å². The third-order valence-electron chi connectivity index (χ3n) is 8.52. The molecule has 9 atom stereocenters. The second kappa shape index (κ2) is 15.4. The van der Waals surface area contributed by atoms with Crippen LogP contribution in [0, 0.1) is 29.1 Å². The fourth-order valence-corrected chi connectivity index (χ4v) is 9.86. The fourth-order valence-electron chi connectivity index (χ4n) is 6.09. The van der Waals surface area contributed by atoms with Crippen molar-refractivity contribution in [3.8, 4) is 6.07 Å². The number of nitriles is 1. The Labute approximate surface area is 295 Å². The van der Waals surface area contributed by atoms with Crippen LogP contribution in [0.25, 0.3) is 11.2 Å². The number of thiol groups is 1. The molecule has 1 amide bonds. The molecular weight excluding hydrogens is 737 g/mol. The molecule has 18 nitrogen and oxygen atoms in total. The first-order valence-corrected chi connectivity index (χ1v) is 21.0. The number of hydrogen-bond donors (Lipinski definition) is 4. The van der Waals surface area contributed by atoms with E-state index in [1.807, 2.05) is 6.07 Å². The molecule has 3 fully saturated rings. The van der Waals surface area contributed by atoms with Gasteiger partial charge in [0.05, 0.1) is 50.5 Å². The number of H-pyrrole nitrogens is 1. The van der Waals surface area contributed by atoms with E-state index >= 15 is 4.39 Å². The van der Waals surface area contributed by atoms with Gasteiger partial charge in [-0.3, -0.25) is 24.4 Å². The van der Waals surface area contributed by atoms with Gasteiger partial charge in [-0.25, -0.2) is 23.6 Å². The number of hydrogen-bond acceptors (Lipinski definition) is 16. The Kier molecular flexibility index (Phi) is 11.3. The van der Waals surface area contributed by atoms with Crippen LogP contribution in [0.2, 0.25) is 0 Å². The number of nitrogens with zero attached hydrogens (tertiary/aromatic N) is 7. The van der Waals surface area contributed by atoms with Crippen LogP contribution >= 0.6 is 25.8 Å². The molecule has 2 aliphatic carbocycles. The summed E-state index contributed by atoms with van der Waals surface area (Å²) in [5, 5.41) is 23.0. The zero-order valence-corrected chi connectivity index (χ0v) is 30.3. The maximum atomic E-state index is 16.0. The van der Waals surface area contributed by atoms with Crippen LogP contribution in [0.4, 0.5) is 16.2 Å². The Morgan fingerprint density at radius 2 is 2.12 bits per heavy atom. The number of anilines is 2. The smallest absolute Gasteiger partial charge is 0.364 e. The number of aromatic amines is 1. The minimum atomic E-state index is -4.12. The summed E-state index contributed by atoms with van der Waals surface area (Å²) in [4.78, 5) is 40.2. The summed E-state index contributed by atoms with van der Waals surface area (Å²) in [5.74, 6) is -1.51. The second-order valence-electron chi connectivity index (χ2n) is 12.4. The van der Waals surface area contributed by atoms with E-state index in [4.69, 9.17) is 34.4 Å². The van der Waals surface area contributed by atoms with Gasteiger partial charge in [0.2, 0.25) is 11.9 Å². The van der Waals surface area contributed by atoms with E-state index in [9.17, 15) is 19.4 Å². The number of carbonyl (C=O) groups is 1. The Morgan fingerprint density at radius 3 is 2.86 bits per heavy atom. The normalized spacial score (nSPS) is 33.2. The average molecular weight is 773 g/mol. The van der Waals surface area contributed by atoms with Crippen molar-refractivity contribution in [3.63, 3.8) is 0 Å². The second-order valence-corrected chi connectivity index (χ2v) is 18.3. The zero-order chi connectivity index (χ0) is 35.6. The molecule has 0 spiro atoms. The van der Waals surface area contributed by atoms with E-state index in [-0.39, 0.29) is 80.4 Å². The molecule has 2 saturated carbocycles. The molecule has 4 heterocycles. The van der Waals surface area contributed by atoms with Crippen molar-refractivity contribution >= 4 is 66.4 Å². The predicted octanol–water partition coefficient (Wildman–Crippen LogP) is 3.70. The highest BCUT2D eigenvalue weighted by molar-refractivity contribution is 8.44. The molecule has 2 bridgehead atoms. The maximum absolute atomic E-state index is 16.0. The van der Waals surface area contributed by atoms with Crippen LogP contribution < -0.4 is 16.2 Å². The largest absolute Gasteiger partial charge is 0.386 e. The number of amides is 1. The molecule has 3 aliphatic rings. The minimum Gasteiger partial charge on any atom is -0.364 e. The van der Waals surface area contributed by atoms with E-state index in [0.29, 0.717) is 5.82 Å². The van der Waals surface area contributed by atoms with Crippen LogP contribution in [-0.4, -0.2) is 85.1 Å². The summed E-state index contributed by atoms with van der Waals surface area (Å²) in [6.45, 7) is -4.83. The monoisotopic (exact) mass is 772 g/mol. The highest BCUT2D eigenvalue weighted by atomic mass is 32.7. The van der Waals surface area contributed by atoms with Crippen molar-refractivity contribution < 1.29 is 36.4 Å². The number of fused-ring (bicyclic) bond motifs is 4. The molecule has 0 radical (unpaired) electrons. The molecule has 0 unspecified atom stereocenters. The Bertz CT molecular complexity index is 1900. The fraction of sp³-hybridized carbons (Fsp3) is 0.630. The molecule has 50 heavy (non-hydrogen) atoms. The number of alkyl halides is 1. The molecule has 0 aromatic carbocycles. The first-order chi connectivity index (χ1) is 23.8. The van der Waals surface area contributed by atoms with Crippen LogP contribution in [-0.2, 0) is 43.8 Å². The number of nitrogens with one attached hydrogen (secondary N) is 3. The third kappa shape index (κ3) is 8.41. The minimum absolute atomic E-state index is 0.00354. The van der Waals surface area contributed by atoms with Crippen molar-refractivity contribution in [3.05, 3.63) is 28.9 Å². The molecule has 3 aromatic heterocycles. The Hall–Kier alpha value is -2.92. The van der Waals surface area contributed by atoms with Crippen molar-refractivity contribution in [2.75, 3.05) is 30.5 Å². The molecule has 270 valence electrons. The van der Waals surface area contributed by atoms with Gasteiger partial charge in [-0.2, -0.15) is 10.2 Å². The Balaban J connectivity index is 1.31. The van der Waals surface area contributed by atoms with Gasteiger partial charge in [0.25, 0.3) is 5.56 Å². The van der Waals surface area contributed by atoms with Crippen molar-refractivity contribution in [1.82, 2.24) is 34.9 Å². The van der Waals surface area contributed by atoms with Crippen molar-refractivity contribution in [2.45, 2.75) is 70.0 Å². The highest BCUT2D eigenvalue weighted by Crippen LogP contribution is 2.60. The molecule has 6 rings (SSSR count). The average Bonchev–Trinajstić information content (AvgIpc) is 3.75. The lowest BCUT2D eigenvalue weighted by Gasteiger charge is -2.30. The van der Waals surface area contributed by atoms with Crippen LogP contribution in [0.15, 0.2) is 23.4 Å². The van der Waals surface area contributed by atoms with Gasteiger partial charge in [-0.1, -0.05) is 31.3 Å². The lowest BCUT2D eigenvalue weighted by Crippen LogP contribution is -2.33. The van der Waals surface area contributed by atoms with Gasteiger partial charge in [-0.15, -0.1) is 5.10 Å². The molecule has 3 aromatic rings. The maximum Gasteiger partial charge on any atom is 0.386 e. The summed E-state index contributed by atoms with van der Waals surface area (Å²) in [5.41, 5.74) is -0.626. The number of halogens is 1. The Morgan fingerprint density at radius 1 is 1.30 bits per heavy atom. The summed E-state index contributed by atoms with van der Waals surface area (Å²) >= 11 is 10.0. The highest BCUT2D eigenvalue weighted by Gasteiger charge is 2.50. The van der Waals surface area contributed by atoms with Crippen molar-refractivity contribution in [1.29, 1.82) is 5.26 Å². The van der Waals surface area contributed by atoms with Gasteiger partial charge in [0, 0.05) is 18.0 Å². The van der Waals surface area contributed by atoms with Crippen LogP contribution in [0.3, 0.4) is 0 Å². The molecule has 1 aliphatic heterocycles. The molecule has 1 saturated heterocycles. The molecule has 23 heteroatoms. The quantitative estimate of drug-likeness (QED) is 0.145. The first-order valence-electron chi connectivity index (χ1n) is 15.8. The summed E-state index contributed by atoms with van der Waals surface area (Å²) in [6, 6.07) is 2.10. The van der Waals surface area contributed by atoms with Gasteiger partial charge in [0.15, 0.2) is 11.2 Å². The topological polar surface area (TPSA) is 230 Å². The summed E-state index contributed by atoms with van der Waals surface area (Å²) in [6.07, 6.45) is -0.169. The standard InChI is InChI=1S/C27H35FN10O8P2S2/c1-14(2)25(39)34-27-33-24-22(26(40)35-27)36-37-38(24)18-8-15-9-19(18)45-48(50,42-7-3-5-29)44-12-16-10-17(32-20-4-6-30-13-31-20)21(28)23(16)46-47(41,49)43-11-15/h4,6,13-19,21,23H,3,7-12H2,1-2H3,(H,41,49)(H,30,31,32)(H2,33,34,35,39,40)/t15-,16+,17+,18+,19+,21-,23+,47+,48+/m0/s1. The van der Waals surface area contributed by atoms with Crippen LogP contribution in [0.5, 0.6) is 0 Å². The van der Waals surface area contributed by atoms with Gasteiger partial charge >= 0.3 is 13.5 Å². The van der Waals surface area contributed by atoms with E-state index in [0.717, 1.165) is 0 Å². The first kappa shape index (κ1) is 36.9. The number of rotatable bonds is 8. The molecule has 3 N–H and O–H groups in total. The number of aromatic nitrogens is 7. The zero-order valence-electron chi connectivity index (χ0n) is 26.8. The van der Waals surface area contributed by atoms with E-state index in [1.165, 1.54) is 17.2 Å². The SMILES string of the molecule is CC(C)C(=O)Nc1nc2c(nnn2[C@@H]2C[C@@H]3CO[P@@](=O)(S)O[C@@H]4[C@@H](CO[P@](=S)(OCCC#N)O[C@@H]2C3)C[C@@H](Nc2ccncn2)[C@@H]4F)c(=O)[nH]1. The molecular formula is C27H35FN10O8P2S2. The summed E-state index contributed by atoms with van der Waals surface area (Å²) in [7, 11) is 0. The van der Waals surface area contributed by atoms with E-state index in [1.54, 1.807) is 19.9 Å². The lowest BCUT2D eigenvalue weighted by atomic mass is 10.1. The van der Waals surface area contributed by atoms with E-state index < -0.39 is 55.5 Å². The van der Waals surface area contributed by atoms with Crippen LogP contribution in [0.1, 0.15) is 45.6 Å². The number of carbonyl (C=O) groups excluding carboxylic acids is 1. The van der Waals surface area contributed by atoms with E-state index in [2.05, 4.69) is 53.1 Å². The third-order valence-corrected chi connectivity index (χ3v) is 12.5. The summed E-state index contributed by atoms with van der Waals surface area (Å²) < 4.78 is 61.0. The van der Waals surface area contributed by atoms with Gasteiger partial charge < -0.3 is 23.4 Å². The van der Waals surface area contributed by atoms with Crippen molar-refractivity contribution in [2.24, 2.45) is 17.8 Å². The lowest BCUT2D eigenvalue weighted by molar-refractivity contribution is -0.118. The predicted molar refractivity (Wildman–Crippen MR) is 182 cm³/mol. The van der Waals surface area contributed by atoms with Gasteiger partial charge in [0.1, 0.15) is 24.4 Å².